The number of phenols is 1. The molecule has 2 nitrogen and oxygen atoms in total. The molecule has 0 saturated carbocycles. The molecular formula is C9H10F3NO. The van der Waals surface area contributed by atoms with Gasteiger partial charge in [0.2, 0.25) is 0 Å². The average molecular weight is 205 g/mol. The first-order valence-electron chi connectivity index (χ1n) is 3.99. The van der Waals surface area contributed by atoms with Crippen molar-refractivity contribution in [1.82, 2.24) is 5.32 Å². The van der Waals surface area contributed by atoms with E-state index in [1.807, 2.05) is 0 Å². The average Bonchev–Trinajstić information content (AvgIpc) is 2.07. The Morgan fingerprint density at radius 1 is 1.36 bits per heavy atom. The van der Waals surface area contributed by atoms with Crippen LogP contribution in [0.4, 0.5) is 13.2 Å². The lowest BCUT2D eigenvalue weighted by Gasteiger charge is -2.13. The predicted octanol–water partition coefficient (Wildman–Crippen LogP) is 2.13. The van der Waals surface area contributed by atoms with Gasteiger partial charge in [-0.3, -0.25) is 0 Å². The van der Waals surface area contributed by atoms with Crippen LogP contribution in [-0.4, -0.2) is 12.2 Å². The third-order valence-corrected chi connectivity index (χ3v) is 1.81. The molecular weight excluding hydrogens is 195 g/mol. The molecule has 0 aliphatic carbocycles. The molecule has 0 radical (unpaired) electrons. The van der Waals surface area contributed by atoms with Gasteiger partial charge in [-0.1, -0.05) is 6.07 Å². The third-order valence-electron chi connectivity index (χ3n) is 1.81. The van der Waals surface area contributed by atoms with Gasteiger partial charge in [-0.2, -0.15) is 13.2 Å². The van der Waals surface area contributed by atoms with Gasteiger partial charge in [-0.15, -0.1) is 0 Å². The van der Waals surface area contributed by atoms with E-state index in [0.717, 1.165) is 6.07 Å². The van der Waals surface area contributed by atoms with Crippen LogP contribution in [0.1, 0.15) is 11.1 Å². The molecule has 1 aromatic carbocycles. The molecule has 0 bridgehead atoms. The second-order valence-corrected chi connectivity index (χ2v) is 2.83. The number of phenolic OH excluding ortho intramolecular Hbond substituents is 1. The van der Waals surface area contributed by atoms with E-state index in [0.29, 0.717) is 0 Å². The van der Waals surface area contributed by atoms with Crippen LogP contribution in [-0.2, 0) is 12.7 Å². The Bertz CT molecular complexity index is 322. The van der Waals surface area contributed by atoms with Crippen molar-refractivity contribution in [3.05, 3.63) is 29.3 Å². The Hall–Kier alpha value is -1.23. The van der Waals surface area contributed by atoms with Crippen LogP contribution in [0.5, 0.6) is 5.75 Å². The van der Waals surface area contributed by atoms with Crippen LogP contribution in [0.15, 0.2) is 18.2 Å². The highest BCUT2D eigenvalue weighted by molar-refractivity contribution is 5.40. The number of benzene rings is 1. The van der Waals surface area contributed by atoms with Crippen LogP contribution in [0.25, 0.3) is 0 Å². The van der Waals surface area contributed by atoms with E-state index in [9.17, 15) is 18.3 Å². The summed E-state index contributed by atoms with van der Waals surface area (Å²) in [5.74, 6) is -0.339. The molecule has 2 N–H and O–H groups in total. The minimum Gasteiger partial charge on any atom is -0.508 e. The molecule has 14 heavy (non-hydrogen) atoms. The molecule has 0 atom stereocenters. The van der Waals surface area contributed by atoms with E-state index in [2.05, 4.69) is 5.32 Å². The summed E-state index contributed by atoms with van der Waals surface area (Å²) >= 11 is 0. The first-order valence-corrected chi connectivity index (χ1v) is 3.99. The summed E-state index contributed by atoms with van der Waals surface area (Å²) in [5, 5.41) is 11.8. The van der Waals surface area contributed by atoms with E-state index in [4.69, 9.17) is 0 Å². The van der Waals surface area contributed by atoms with Gasteiger partial charge in [0, 0.05) is 12.1 Å². The van der Waals surface area contributed by atoms with Crippen LogP contribution >= 0.6 is 0 Å². The van der Waals surface area contributed by atoms with Gasteiger partial charge in [0.25, 0.3) is 0 Å². The van der Waals surface area contributed by atoms with E-state index in [1.165, 1.54) is 19.2 Å². The van der Waals surface area contributed by atoms with Gasteiger partial charge in [0.15, 0.2) is 0 Å². The fraction of sp³-hybridized carbons (Fsp3) is 0.333. The second-order valence-electron chi connectivity index (χ2n) is 2.83. The molecule has 0 aromatic heterocycles. The minimum absolute atomic E-state index is 0.0124. The zero-order valence-corrected chi connectivity index (χ0v) is 7.52. The molecule has 0 heterocycles. The van der Waals surface area contributed by atoms with Gasteiger partial charge < -0.3 is 10.4 Å². The predicted molar refractivity (Wildman–Crippen MR) is 45.9 cm³/mol. The second kappa shape index (κ2) is 3.88. The van der Waals surface area contributed by atoms with Crippen molar-refractivity contribution in [3.63, 3.8) is 0 Å². The SMILES string of the molecule is CNCc1c(O)cccc1C(F)(F)F. The van der Waals surface area contributed by atoms with Crippen molar-refractivity contribution in [2.75, 3.05) is 7.05 Å². The quantitative estimate of drug-likeness (QED) is 0.775. The van der Waals surface area contributed by atoms with Crippen molar-refractivity contribution >= 4 is 0 Å². The molecule has 0 amide bonds. The lowest BCUT2D eigenvalue weighted by molar-refractivity contribution is -0.138. The Morgan fingerprint density at radius 3 is 2.50 bits per heavy atom. The van der Waals surface area contributed by atoms with Crippen LogP contribution in [0, 0.1) is 0 Å². The van der Waals surface area contributed by atoms with Crippen molar-refractivity contribution in [2.45, 2.75) is 12.7 Å². The fourth-order valence-corrected chi connectivity index (χ4v) is 1.20. The Balaban J connectivity index is 3.21. The summed E-state index contributed by atoms with van der Waals surface area (Å²) in [6.07, 6.45) is -4.43. The summed E-state index contributed by atoms with van der Waals surface area (Å²) in [5.41, 5.74) is -0.922. The molecule has 0 saturated heterocycles. The third kappa shape index (κ3) is 2.17. The maximum absolute atomic E-state index is 12.4. The maximum Gasteiger partial charge on any atom is 0.416 e. The summed E-state index contributed by atoms with van der Waals surface area (Å²) < 4.78 is 37.2. The Kier molecular flexibility index (Phi) is 3.00. The van der Waals surface area contributed by atoms with Crippen LogP contribution in [0.3, 0.4) is 0 Å². The number of nitrogens with one attached hydrogen (secondary N) is 1. The van der Waals surface area contributed by atoms with E-state index in [-0.39, 0.29) is 17.9 Å². The number of hydrogen-bond acceptors (Lipinski definition) is 2. The topological polar surface area (TPSA) is 32.3 Å². The molecule has 0 aliphatic heterocycles. The van der Waals surface area contributed by atoms with E-state index >= 15 is 0 Å². The Labute approximate surface area is 79.4 Å². The van der Waals surface area contributed by atoms with Crippen molar-refractivity contribution < 1.29 is 18.3 Å². The molecule has 5 heteroatoms. The molecule has 1 rings (SSSR count). The van der Waals surface area contributed by atoms with E-state index < -0.39 is 11.7 Å². The van der Waals surface area contributed by atoms with E-state index in [1.54, 1.807) is 0 Å². The molecule has 0 fully saturated rings. The zero-order chi connectivity index (χ0) is 10.8. The van der Waals surface area contributed by atoms with Crippen LogP contribution in [0.2, 0.25) is 0 Å². The number of hydrogen-bond donors (Lipinski definition) is 2. The zero-order valence-electron chi connectivity index (χ0n) is 7.52. The standard InChI is InChI=1S/C9H10F3NO/c1-13-5-6-7(9(10,11)12)3-2-4-8(6)14/h2-4,13-14H,5H2,1H3. The highest BCUT2D eigenvalue weighted by Gasteiger charge is 2.33. The van der Waals surface area contributed by atoms with Crippen LogP contribution < -0.4 is 5.32 Å². The summed E-state index contributed by atoms with van der Waals surface area (Å²) in [6.45, 7) is -0.0124. The number of aromatic hydroxyl groups is 1. The normalized spacial score (nSPS) is 11.7. The molecule has 1 aromatic rings. The molecule has 0 spiro atoms. The van der Waals surface area contributed by atoms with Crippen molar-refractivity contribution in [2.24, 2.45) is 0 Å². The van der Waals surface area contributed by atoms with Crippen molar-refractivity contribution in [1.29, 1.82) is 0 Å². The Morgan fingerprint density at radius 2 is 2.00 bits per heavy atom. The highest BCUT2D eigenvalue weighted by Crippen LogP contribution is 2.35. The summed E-state index contributed by atoms with van der Waals surface area (Å²) in [6, 6.07) is 3.37. The number of halogens is 3. The summed E-state index contributed by atoms with van der Waals surface area (Å²) in [4.78, 5) is 0. The number of rotatable bonds is 2. The maximum atomic E-state index is 12.4. The lowest BCUT2D eigenvalue weighted by Crippen LogP contribution is -2.14. The van der Waals surface area contributed by atoms with Gasteiger partial charge in [0.1, 0.15) is 5.75 Å². The monoisotopic (exact) mass is 205 g/mol. The van der Waals surface area contributed by atoms with Gasteiger partial charge >= 0.3 is 6.18 Å². The lowest BCUT2D eigenvalue weighted by atomic mass is 10.1. The number of alkyl halides is 3. The fourth-order valence-electron chi connectivity index (χ4n) is 1.20. The summed E-state index contributed by atoms with van der Waals surface area (Å²) in [7, 11) is 1.52. The highest BCUT2D eigenvalue weighted by atomic mass is 19.4. The van der Waals surface area contributed by atoms with Gasteiger partial charge in [-0.05, 0) is 19.2 Å². The minimum atomic E-state index is -4.43. The smallest absolute Gasteiger partial charge is 0.416 e. The molecule has 78 valence electrons. The first kappa shape index (κ1) is 10.8. The molecule has 0 aliphatic rings. The van der Waals surface area contributed by atoms with Gasteiger partial charge in [-0.25, -0.2) is 0 Å². The largest absolute Gasteiger partial charge is 0.508 e. The van der Waals surface area contributed by atoms with Crippen molar-refractivity contribution in [3.8, 4) is 5.75 Å². The first-order chi connectivity index (χ1) is 6.46. The molecule has 0 unspecified atom stereocenters. The van der Waals surface area contributed by atoms with Gasteiger partial charge in [0.05, 0.1) is 5.56 Å².